The van der Waals surface area contributed by atoms with Gasteiger partial charge in [-0.25, -0.2) is 31.6 Å². The van der Waals surface area contributed by atoms with Crippen LogP contribution in [0.15, 0.2) is 56.6 Å². The van der Waals surface area contributed by atoms with Crippen LogP contribution in [0.25, 0.3) is 0 Å². The molecule has 0 radical (unpaired) electrons. The Balaban J connectivity index is 0.000000197. The van der Waals surface area contributed by atoms with Gasteiger partial charge in [0.05, 0.1) is 12.4 Å². The van der Waals surface area contributed by atoms with Crippen molar-refractivity contribution in [2.45, 2.75) is 70.3 Å². The number of fused-ring (bicyclic) bond motifs is 2. The lowest BCUT2D eigenvalue weighted by Crippen LogP contribution is -2.39. The molecule has 0 atom stereocenters. The first-order valence-electron chi connectivity index (χ1n) is 16.2. The number of ether oxygens (including phenoxy) is 5. The van der Waals surface area contributed by atoms with Crippen molar-refractivity contribution >= 4 is 26.1 Å². The molecule has 51 heavy (non-hydrogen) atoms. The van der Waals surface area contributed by atoms with Crippen LogP contribution in [0.4, 0.5) is 4.79 Å². The van der Waals surface area contributed by atoms with Crippen LogP contribution in [0, 0.1) is 0 Å². The van der Waals surface area contributed by atoms with Gasteiger partial charge >= 0.3 is 6.09 Å². The van der Waals surface area contributed by atoms with E-state index in [0.717, 1.165) is 30.4 Å². The second-order valence-electron chi connectivity index (χ2n) is 13.5. The SMILES string of the molecule is C.C.CC(C)(C)OC(=O)N1CC2=C(C1)CN(S(=O)(=O)c1cnc3c(c1)OCCO3)C2.O=S(=O)(c1cnc2c(c1)OCCO2)N1CC2=C(CCC2)C1. The van der Waals surface area contributed by atoms with Gasteiger partial charge in [-0.2, -0.15) is 8.61 Å². The van der Waals surface area contributed by atoms with Crippen LogP contribution in [0.1, 0.15) is 54.9 Å². The van der Waals surface area contributed by atoms with Gasteiger partial charge in [0.2, 0.25) is 20.0 Å². The highest BCUT2D eigenvalue weighted by Crippen LogP contribution is 2.37. The summed E-state index contributed by atoms with van der Waals surface area (Å²) >= 11 is 0. The minimum atomic E-state index is -3.72. The minimum Gasteiger partial charge on any atom is -0.484 e. The molecular formula is C34H47N5O10S2. The third-order valence-corrected chi connectivity index (χ3v) is 12.4. The quantitative estimate of drug-likeness (QED) is 0.413. The summed E-state index contributed by atoms with van der Waals surface area (Å²) in [5.41, 5.74) is 3.91. The normalized spacial score (nSPS) is 19.8. The summed E-state index contributed by atoms with van der Waals surface area (Å²) in [5.74, 6) is 1.41. The van der Waals surface area contributed by atoms with E-state index < -0.39 is 25.6 Å². The number of nitrogens with zero attached hydrogens (tertiary/aromatic N) is 5. The Morgan fingerprint density at radius 1 is 0.667 bits per heavy atom. The zero-order valence-electron chi connectivity index (χ0n) is 27.6. The van der Waals surface area contributed by atoms with Crippen LogP contribution in [0.5, 0.6) is 23.3 Å². The lowest BCUT2D eigenvalue weighted by molar-refractivity contribution is 0.0295. The van der Waals surface area contributed by atoms with Gasteiger partial charge in [0.25, 0.3) is 11.8 Å². The molecule has 0 unspecified atom stereocenters. The van der Waals surface area contributed by atoms with E-state index >= 15 is 0 Å². The van der Waals surface area contributed by atoms with Gasteiger partial charge in [0.15, 0.2) is 11.5 Å². The third-order valence-electron chi connectivity index (χ3n) is 8.86. The van der Waals surface area contributed by atoms with E-state index in [1.807, 2.05) is 20.8 Å². The van der Waals surface area contributed by atoms with E-state index in [-0.39, 0.29) is 43.8 Å². The third kappa shape index (κ3) is 7.80. The number of hydrogen-bond acceptors (Lipinski definition) is 12. The van der Waals surface area contributed by atoms with Crippen molar-refractivity contribution in [2.75, 3.05) is 65.7 Å². The fourth-order valence-electron chi connectivity index (χ4n) is 6.49. The summed E-state index contributed by atoms with van der Waals surface area (Å²) < 4.78 is 81.3. The number of hydrogen-bond donors (Lipinski definition) is 0. The number of amides is 1. The molecule has 7 heterocycles. The predicted molar refractivity (Wildman–Crippen MR) is 187 cm³/mol. The summed E-state index contributed by atoms with van der Waals surface area (Å²) in [5, 5.41) is 0. The highest BCUT2D eigenvalue weighted by molar-refractivity contribution is 7.89. The van der Waals surface area contributed by atoms with Crippen LogP contribution < -0.4 is 18.9 Å². The topological polar surface area (TPSA) is 167 Å². The molecule has 1 amide bonds. The Morgan fingerprint density at radius 2 is 1.08 bits per heavy atom. The Morgan fingerprint density at radius 3 is 1.51 bits per heavy atom. The first-order chi connectivity index (χ1) is 23.3. The average Bonchev–Trinajstić information content (AvgIpc) is 3.85. The van der Waals surface area contributed by atoms with E-state index in [0.29, 0.717) is 75.9 Å². The molecule has 280 valence electrons. The molecule has 0 bridgehead atoms. The van der Waals surface area contributed by atoms with E-state index in [1.54, 1.807) is 4.90 Å². The fraction of sp³-hybridized carbons (Fsp3) is 0.559. The Hall–Kier alpha value is -3.93. The highest BCUT2D eigenvalue weighted by Gasteiger charge is 2.39. The molecule has 17 heteroatoms. The van der Waals surface area contributed by atoms with Crippen LogP contribution in [0.3, 0.4) is 0 Å². The summed E-state index contributed by atoms with van der Waals surface area (Å²) in [6, 6.07) is 2.97. The van der Waals surface area contributed by atoms with Crippen LogP contribution in [0.2, 0.25) is 0 Å². The van der Waals surface area contributed by atoms with Gasteiger partial charge in [-0.05, 0) is 51.2 Å². The van der Waals surface area contributed by atoms with Crippen molar-refractivity contribution in [2.24, 2.45) is 0 Å². The maximum atomic E-state index is 13.0. The summed E-state index contributed by atoms with van der Waals surface area (Å²) in [4.78, 5) is 22.2. The highest BCUT2D eigenvalue weighted by atomic mass is 32.2. The number of carbonyl (C=O) groups excluding carboxylic acids is 1. The Bertz CT molecular complexity index is 1920. The lowest BCUT2D eigenvalue weighted by atomic mass is 10.2. The molecule has 2 aromatic heterocycles. The molecule has 6 aliphatic rings. The first-order valence-corrected chi connectivity index (χ1v) is 19.0. The molecule has 0 saturated carbocycles. The van der Waals surface area contributed by atoms with Crippen LogP contribution >= 0.6 is 0 Å². The van der Waals surface area contributed by atoms with Gasteiger partial charge < -0.3 is 28.6 Å². The summed E-state index contributed by atoms with van der Waals surface area (Å²) in [6.45, 7) is 9.38. The first kappa shape index (κ1) is 38.3. The van der Waals surface area contributed by atoms with Crippen molar-refractivity contribution in [3.63, 3.8) is 0 Å². The van der Waals surface area contributed by atoms with Gasteiger partial charge in [0, 0.05) is 51.4 Å². The zero-order valence-corrected chi connectivity index (χ0v) is 29.3. The van der Waals surface area contributed by atoms with Gasteiger partial charge in [-0.15, -0.1) is 0 Å². The number of rotatable bonds is 4. The van der Waals surface area contributed by atoms with E-state index in [1.165, 1.54) is 44.3 Å². The van der Waals surface area contributed by atoms with Crippen molar-refractivity contribution in [1.29, 1.82) is 0 Å². The smallest absolute Gasteiger partial charge is 0.410 e. The predicted octanol–water partition coefficient (Wildman–Crippen LogP) is 4.01. The number of sulfonamides is 2. The maximum Gasteiger partial charge on any atom is 0.410 e. The molecular weight excluding hydrogens is 703 g/mol. The minimum absolute atomic E-state index is 0. The maximum absolute atomic E-state index is 13.0. The van der Waals surface area contributed by atoms with Crippen molar-refractivity contribution in [1.82, 2.24) is 23.5 Å². The van der Waals surface area contributed by atoms with Crippen molar-refractivity contribution in [3.8, 4) is 23.3 Å². The monoisotopic (exact) mass is 749 g/mol. The number of carbonyl (C=O) groups is 1. The molecule has 0 N–H and O–H groups in total. The molecule has 2 aromatic rings. The van der Waals surface area contributed by atoms with Crippen LogP contribution in [-0.2, 0) is 24.8 Å². The number of pyridine rings is 2. The van der Waals surface area contributed by atoms with E-state index in [9.17, 15) is 21.6 Å². The summed E-state index contributed by atoms with van der Waals surface area (Å²) in [7, 11) is -7.24. The largest absolute Gasteiger partial charge is 0.484 e. The zero-order chi connectivity index (χ0) is 34.6. The molecule has 1 aliphatic carbocycles. The molecule has 0 saturated heterocycles. The molecule has 0 fully saturated rings. The van der Waals surface area contributed by atoms with Crippen molar-refractivity contribution < 1.29 is 45.3 Å². The van der Waals surface area contributed by atoms with Gasteiger partial charge in [-0.3, -0.25) is 0 Å². The van der Waals surface area contributed by atoms with Gasteiger partial charge in [-0.1, -0.05) is 26.0 Å². The van der Waals surface area contributed by atoms with E-state index in [4.69, 9.17) is 23.7 Å². The Kier molecular flexibility index (Phi) is 11.0. The standard InChI is InChI=1S/C18H23N3O6S.C14H16N2O4S.2CH4/c1-18(2,3)27-17(22)20-8-12-10-21(11-13(12)9-20)28(23,24)14-6-15-16(19-7-14)26-5-4-25-15;17-21(18,16-8-10-2-1-3-11(10)9-16)12-6-13-14(15-7-12)20-5-4-19-13;;/h6-7H,4-5,8-11H2,1-3H3;6-7H,1-5,8-9H2;2*1H4. The molecule has 5 aliphatic heterocycles. The van der Waals surface area contributed by atoms with E-state index in [2.05, 4.69) is 9.97 Å². The second kappa shape index (κ2) is 14.6. The number of aromatic nitrogens is 2. The average molecular weight is 750 g/mol. The van der Waals surface area contributed by atoms with Gasteiger partial charge in [0.1, 0.15) is 41.8 Å². The Labute approximate surface area is 300 Å². The molecule has 15 nitrogen and oxygen atoms in total. The van der Waals surface area contributed by atoms with Crippen LogP contribution in [-0.4, -0.2) is 118 Å². The molecule has 0 spiro atoms. The fourth-order valence-corrected chi connectivity index (χ4v) is 9.27. The summed E-state index contributed by atoms with van der Waals surface area (Å²) in [6.07, 6.45) is 5.48. The lowest BCUT2D eigenvalue weighted by Gasteiger charge is -2.26. The van der Waals surface area contributed by atoms with Crippen molar-refractivity contribution in [3.05, 3.63) is 46.8 Å². The molecule has 0 aromatic carbocycles. The second-order valence-corrected chi connectivity index (χ2v) is 17.4. The molecule has 8 rings (SSSR count).